The summed E-state index contributed by atoms with van der Waals surface area (Å²) in [5.41, 5.74) is 0. The maximum Gasteiger partial charge on any atom is 0.406 e. The molecule has 1 amide bonds. The number of carbonyl (C=O) groups is 1. The van der Waals surface area contributed by atoms with Crippen LogP contribution < -0.4 is 5.32 Å². The maximum atomic E-state index is 12.5. The van der Waals surface area contributed by atoms with Crippen molar-refractivity contribution < 1.29 is 18.0 Å². The van der Waals surface area contributed by atoms with Crippen molar-refractivity contribution in [3.05, 3.63) is 0 Å². The number of halogens is 3. The highest BCUT2D eigenvalue weighted by Crippen LogP contribution is 2.19. The van der Waals surface area contributed by atoms with Crippen molar-refractivity contribution in [1.29, 1.82) is 0 Å². The van der Waals surface area contributed by atoms with E-state index >= 15 is 0 Å². The number of nitrogens with one attached hydrogen (secondary N) is 1. The SMILES string of the molecule is CNC1CCCN(CC(=O)N(CC(F)(F)F)C(C)C)C1. The van der Waals surface area contributed by atoms with E-state index in [1.807, 2.05) is 11.9 Å². The number of likely N-dealkylation sites (N-methyl/N-ethyl adjacent to an activating group) is 1. The monoisotopic (exact) mass is 295 g/mol. The molecule has 1 atom stereocenters. The van der Waals surface area contributed by atoms with Gasteiger partial charge in [0.2, 0.25) is 5.91 Å². The molecule has 1 aliphatic rings. The molecule has 1 aliphatic heterocycles. The smallest absolute Gasteiger partial charge is 0.330 e. The summed E-state index contributed by atoms with van der Waals surface area (Å²) in [6, 6.07) is -0.138. The summed E-state index contributed by atoms with van der Waals surface area (Å²) in [7, 11) is 1.86. The van der Waals surface area contributed by atoms with Crippen LogP contribution in [0.2, 0.25) is 0 Å². The van der Waals surface area contributed by atoms with Gasteiger partial charge in [-0.25, -0.2) is 0 Å². The number of rotatable bonds is 5. The van der Waals surface area contributed by atoms with Crippen LogP contribution in [-0.2, 0) is 4.79 Å². The number of carbonyl (C=O) groups excluding carboxylic acids is 1. The van der Waals surface area contributed by atoms with Gasteiger partial charge in [0, 0.05) is 18.6 Å². The molecule has 1 saturated heterocycles. The van der Waals surface area contributed by atoms with Crippen molar-refractivity contribution in [2.24, 2.45) is 0 Å². The van der Waals surface area contributed by atoms with E-state index in [1.165, 1.54) is 0 Å². The first-order chi connectivity index (χ1) is 9.23. The quantitative estimate of drug-likeness (QED) is 0.834. The van der Waals surface area contributed by atoms with E-state index in [-0.39, 0.29) is 6.54 Å². The lowest BCUT2D eigenvalue weighted by Gasteiger charge is -2.35. The molecule has 118 valence electrons. The van der Waals surface area contributed by atoms with Gasteiger partial charge in [0.25, 0.3) is 0 Å². The Kier molecular flexibility index (Phi) is 6.26. The Morgan fingerprint density at radius 3 is 2.60 bits per heavy atom. The number of piperidine rings is 1. The summed E-state index contributed by atoms with van der Waals surface area (Å²) < 4.78 is 37.5. The van der Waals surface area contributed by atoms with Gasteiger partial charge in [0.1, 0.15) is 6.54 Å². The molecule has 4 nitrogen and oxygen atoms in total. The molecule has 1 N–H and O–H groups in total. The highest BCUT2D eigenvalue weighted by atomic mass is 19.4. The maximum absolute atomic E-state index is 12.5. The average Bonchev–Trinajstić information content (AvgIpc) is 2.34. The zero-order valence-corrected chi connectivity index (χ0v) is 12.3. The fourth-order valence-electron chi connectivity index (χ4n) is 2.47. The van der Waals surface area contributed by atoms with Gasteiger partial charge in [-0.2, -0.15) is 13.2 Å². The van der Waals surface area contributed by atoms with E-state index in [1.54, 1.807) is 13.8 Å². The molecule has 0 saturated carbocycles. The first kappa shape index (κ1) is 17.2. The molecule has 0 spiro atoms. The minimum absolute atomic E-state index is 0.0619. The first-order valence-electron chi connectivity index (χ1n) is 6.98. The summed E-state index contributed by atoms with van der Waals surface area (Å²) in [5, 5.41) is 3.15. The molecule has 0 aromatic heterocycles. The summed E-state index contributed by atoms with van der Waals surface area (Å²) in [4.78, 5) is 14.9. The normalized spacial score (nSPS) is 21.2. The van der Waals surface area contributed by atoms with Crippen LogP contribution in [0.3, 0.4) is 0 Å². The fourth-order valence-corrected chi connectivity index (χ4v) is 2.47. The number of amides is 1. The van der Waals surface area contributed by atoms with Crippen molar-refractivity contribution in [1.82, 2.24) is 15.1 Å². The lowest BCUT2D eigenvalue weighted by molar-refractivity contribution is -0.165. The average molecular weight is 295 g/mol. The zero-order chi connectivity index (χ0) is 15.3. The standard InChI is InChI=1S/C13H24F3N3O/c1-10(2)19(9-13(14,15)16)12(20)8-18-6-4-5-11(7-18)17-3/h10-11,17H,4-9H2,1-3H3. The third-order valence-corrected chi connectivity index (χ3v) is 3.57. The second-order valence-corrected chi connectivity index (χ2v) is 5.59. The van der Waals surface area contributed by atoms with Crippen molar-refractivity contribution >= 4 is 5.91 Å². The van der Waals surface area contributed by atoms with Gasteiger partial charge < -0.3 is 10.2 Å². The largest absolute Gasteiger partial charge is 0.406 e. The number of alkyl halides is 3. The molecule has 1 rings (SSSR count). The summed E-state index contributed by atoms with van der Waals surface area (Å²) in [6.45, 7) is 3.58. The lowest BCUT2D eigenvalue weighted by Crippen LogP contribution is -2.51. The third-order valence-electron chi connectivity index (χ3n) is 3.57. The van der Waals surface area contributed by atoms with E-state index in [4.69, 9.17) is 0 Å². The first-order valence-corrected chi connectivity index (χ1v) is 6.98. The van der Waals surface area contributed by atoms with Gasteiger partial charge in [-0.3, -0.25) is 9.69 Å². The van der Waals surface area contributed by atoms with Crippen LogP contribution in [0.25, 0.3) is 0 Å². The van der Waals surface area contributed by atoms with Crippen LogP contribution in [0.15, 0.2) is 0 Å². The van der Waals surface area contributed by atoms with E-state index < -0.39 is 24.7 Å². The number of nitrogens with zero attached hydrogens (tertiary/aromatic N) is 2. The van der Waals surface area contributed by atoms with Gasteiger partial charge in [-0.1, -0.05) is 0 Å². The third kappa shape index (κ3) is 5.66. The topological polar surface area (TPSA) is 35.6 Å². The van der Waals surface area contributed by atoms with Gasteiger partial charge in [0.05, 0.1) is 6.54 Å². The minimum Gasteiger partial charge on any atom is -0.330 e. The van der Waals surface area contributed by atoms with E-state index in [9.17, 15) is 18.0 Å². The Morgan fingerprint density at radius 2 is 2.10 bits per heavy atom. The fraction of sp³-hybridized carbons (Fsp3) is 0.923. The second-order valence-electron chi connectivity index (χ2n) is 5.59. The van der Waals surface area contributed by atoms with E-state index in [0.29, 0.717) is 12.6 Å². The summed E-state index contributed by atoms with van der Waals surface area (Å²) in [6.07, 6.45) is -2.35. The van der Waals surface area contributed by atoms with E-state index in [0.717, 1.165) is 24.3 Å². The second kappa shape index (κ2) is 7.26. The molecule has 20 heavy (non-hydrogen) atoms. The molecule has 0 radical (unpaired) electrons. The van der Waals surface area contributed by atoms with Crippen LogP contribution in [-0.4, -0.2) is 67.2 Å². The Balaban J connectivity index is 2.57. The van der Waals surface area contributed by atoms with Gasteiger partial charge >= 0.3 is 6.18 Å². The van der Waals surface area contributed by atoms with Crippen LogP contribution >= 0.6 is 0 Å². The molecule has 0 aromatic carbocycles. The van der Waals surface area contributed by atoms with Gasteiger partial charge in [-0.05, 0) is 40.3 Å². The van der Waals surface area contributed by atoms with Crippen LogP contribution in [0.4, 0.5) is 13.2 Å². The lowest BCUT2D eigenvalue weighted by atomic mass is 10.1. The predicted octanol–water partition coefficient (Wildman–Crippen LogP) is 1.47. The van der Waals surface area contributed by atoms with E-state index in [2.05, 4.69) is 5.32 Å². The highest BCUT2D eigenvalue weighted by molar-refractivity contribution is 5.78. The molecule has 1 heterocycles. The predicted molar refractivity (Wildman–Crippen MR) is 71.4 cm³/mol. The molecular formula is C13H24F3N3O. The number of hydrogen-bond donors (Lipinski definition) is 1. The molecule has 0 aliphatic carbocycles. The van der Waals surface area contributed by atoms with Crippen LogP contribution in [0, 0.1) is 0 Å². The summed E-state index contributed by atoms with van der Waals surface area (Å²) in [5.74, 6) is -0.450. The van der Waals surface area contributed by atoms with Crippen molar-refractivity contribution in [2.45, 2.75) is 44.9 Å². The number of hydrogen-bond acceptors (Lipinski definition) is 3. The zero-order valence-electron chi connectivity index (χ0n) is 12.3. The number of likely N-dealkylation sites (tertiary alicyclic amines) is 1. The van der Waals surface area contributed by atoms with Gasteiger partial charge in [0.15, 0.2) is 0 Å². The Morgan fingerprint density at radius 1 is 1.45 bits per heavy atom. The Labute approximate surface area is 118 Å². The minimum atomic E-state index is -4.35. The summed E-state index contributed by atoms with van der Waals surface area (Å²) >= 11 is 0. The van der Waals surface area contributed by atoms with Crippen molar-refractivity contribution in [3.63, 3.8) is 0 Å². The Bertz CT molecular complexity index is 320. The van der Waals surface area contributed by atoms with Crippen molar-refractivity contribution in [3.8, 4) is 0 Å². The molecule has 7 heteroatoms. The van der Waals surface area contributed by atoms with Gasteiger partial charge in [-0.15, -0.1) is 0 Å². The van der Waals surface area contributed by atoms with Crippen molar-refractivity contribution in [2.75, 3.05) is 33.2 Å². The molecule has 0 bridgehead atoms. The Hall–Kier alpha value is -0.820. The molecule has 0 aromatic rings. The molecule has 1 unspecified atom stereocenters. The van der Waals surface area contributed by atoms with Crippen LogP contribution in [0.5, 0.6) is 0 Å². The highest BCUT2D eigenvalue weighted by Gasteiger charge is 2.34. The molecular weight excluding hydrogens is 271 g/mol. The molecule has 1 fully saturated rings. The van der Waals surface area contributed by atoms with Crippen LogP contribution in [0.1, 0.15) is 26.7 Å².